The van der Waals surface area contributed by atoms with Crippen molar-refractivity contribution in [3.63, 3.8) is 0 Å². The molecule has 1 amide bonds. The van der Waals surface area contributed by atoms with Gasteiger partial charge in [-0.25, -0.2) is 0 Å². The second-order valence-corrected chi connectivity index (χ2v) is 4.57. The average molecular weight is 208 g/mol. The van der Waals surface area contributed by atoms with Crippen LogP contribution < -0.4 is 0 Å². The van der Waals surface area contributed by atoms with Gasteiger partial charge in [0.2, 0.25) is 5.91 Å². The van der Waals surface area contributed by atoms with E-state index in [-0.39, 0.29) is 12.0 Å². The van der Waals surface area contributed by atoms with Gasteiger partial charge < -0.3 is 10.0 Å². The monoisotopic (exact) mass is 208 g/mol. The first-order valence-corrected chi connectivity index (χ1v) is 5.57. The van der Waals surface area contributed by atoms with Crippen molar-refractivity contribution in [1.82, 2.24) is 4.90 Å². The van der Waals surface area contributed by atoms with E-state index in [2.05, 4.69) is 6.07 Å². The van der Waals surface area contributed by atoms with Crippen LogP contribution in [0.25, 0.3) is 0 Å². The summed E-state index contributed by atoms with van der Waals surface area (Å²) in [6.45, 7) is 1.20. The molecule has 0 radical (unpaired) electrons. The first-order chi connectivity index (χ1) is 7.18. The SMILES string of the molecule is N#CC1(C(=O)N2CCC(O)CC2)CCC1. The predicted molar refractivity (Wildman–Crippen MR) is 53.7 cm³/mol. The van der Waals surface area contributed by atoms with E-state index in [1.165, 1.54) is 0 Å². The number of carbonyl (C=O) groups excluding carboxylic acids is 1. The number of carbonyl (C=O) groups is 1. The number of likely N-dealkylation sites (tertiary alicyclic amines) is 1. The molecule has 1 N–H and O–H groups in total. The lowest BCUT2D eigenvalue weighted by Crippen LogP contribution is -2.50. The maximum absolute atomic E-state index is 12.1. The standard InChI is InChI=1S/C11H16N2O2/c12-8-11(4-1-5-11)10(15)13-6-2-9(14)3-7-13/h9,14H,1-7H2. The normalized spacial score (nSPS) is 25.5. The second-order valence-electron chi connectivity index (χ2n) is 4.57. The van der Waals surface area contributed by atoms with Gasteiger partial charge in [-0.15, -0.1) is 0 Å². The molecule has 1 saturated carbocycles. The maximum atomic E-state index is 12.1. The number of piperidine rings is 1. The molecule has 0 unspecified atom stereocenters. The molecular formula is C11H16N2O2. The zero-order valence-corrected chi connectivity index (χ0v) is 8.78. The molecular weight excluding hydrogens is 192 g/mol. The quantitative estimate of drug-likeness (QED) is 0.688. The highest BCUT2D eigenvalue weighted by molar-refractivity contribution is 5.86. The Balaban J connectivity index is 1.99. The molecule has 4 heteroatoms. The molecule has 0 aromatic carbocycles. The first-order valence-electron chi connectivity index (χ1n) is 5.57. The molecule has 0 atom stereocenters. The summed E-state index contributed by atoms with van der Waals surface area (Å²) in [6.07, 6.45) is 3.42. The van der Waals surface area contributed by atoms with Gasteiger partial charge in [-0.1, -0.05) is 0 Å². The van der Waals surface area contributed by atoms with Crippen LogP contribution in [0.15, 0.2) is 0 Å². The number of rotatable bonds is 1. The molecule has 82 valence electrons. The van der Waals surface area contributed by atoms with Crippen LogP contribution in [0.1, 0.15) is 32.1 Å². The molecule has 4 nitrogen and oxygen atoms in total. The molecule has 0 aromatic rings. The van der Waals surface area contributed by atoms with Crippen molar-refractivity contribution in [1.29, 1.82) is 5.26 Å². The Hall–Kier alpha value is -1.08. The summed E-state index contributed by atoms with van der Waals surface area (Å²) in [5.74, 6) is -0.0110. The zero-order valence-electron chi connectivity index (χ0n) is 8.78. The molecule has 0 aromatic heterocycles. The number of nitriles is 1. The molecule has 0 bridgehead atoms. The van der Waals surface area contributed by atoms with Gasteiger partial charge in [0.15, 0.2) is 0 Å². The van der Waals surface area contributed by atoms with Crippen molar-refractivity contribution in [3.8, 4) is 6.07 Å². The van der Waals surface area contributed by atoms with Gasteiger partial charge in [-0.05, 0) is 32.1 Å². The zero-order chi connectivity index (χ0) is 10.9. The van der Waals surface area contributed by atoms with E-state index in [9.17, 15) is 9.90 Å². The maximum Gasteiger partial charge on any atom is 0.243 e. The Morgan fingerprint density at radius 3 is 2.40 bits per heavy atom. The van der Waals surface area contributed by atoms with Crippen LogP contribution in [0.2, 0.25) is 0 Å². The van der Waals surface area contributed by atoms with Crippen LogP contribution in [0.4, 0.5) is 0 Å². The molecule has 2 fully saturated rings. The minimum Gasteiger partial charge on any atom is -0.393 e. The fraction of sp³-hybridized carbons (Fsp3) is 0.818. The number of nitrogens with zero attached hydrogens (tertiary/aromatic N) is 2. The third-order valence-electron chi connectivity index (χ3n) is 3.58. The Morgan fingerprint density at radius 1 is 1.40 bits per heavy atom. The van der Waals surface area contributed by atoms with E-state index in [0.717, 1.165) is 6.42 Å². The van der Waals surface area contributed by atoms with E-state index in [4.69, 9.17) is 5.26 Å². The van der Waals surface area contributed by atoms with Crippen LogP contribution in [0.3, 0.4) is 0 Å². The lowest BCUT2D eigenvalue weighted by atomic mass is 9.69. The van der Waals surface area contributed by atoms with Crippen molar-refractivity contribution in [2.24, 2.45) is 5.41 Å². The number of amides is 1. The van der Waals surface area contributed by atoms with Crippen LogP contribution >= 0.6 is 0 Å². The number of aliphatic hydroxyl groups excluding tert-OH is 1. The lowest BCUT2D eigenvalue weighted by Gasteiger charge is -2.40. The summed E-state index contributed by atoms with van der Waals surface area (Å²) in [6, 6.07) is 2.17. The summed E-state index contributed by atoms with van der Waals surface area (Å²) in [4.78, 5) is 13.8. The van der Waals surface area contributed by atoms with E-state index in [1.54, 1.807) is 4.90 Å². The van der Waals surface area contributed by atoms with Gasteiger partial charge in [0.25, 0.3) is 0 Å². The summed E-state index contributed by atoms with van der Waals surface area (Å²) in [5, 5.41) is 18.4. The van der Waals surface area contributed by atoms with Gasteiger partial charge in [-0.3, -0.25) is 4.79 Å². The smallest absolute Gasteiger partial charge is 0.243 e. The minimum absolute atomic E-state index is 0.0110. The van der Waals surface area contributed by atoms with Gasteiger partial charge >= 0.3 is 0 Å². The number of hydrogen-bond donors (Lipinski definition) is 1. The molecule has 1 aliphatic carbocycles. The average Bonchev–Trinajstić information content (AvgIpc) is 2.18. The Kier molecular flexibility index (Phi) is 2.66. The van der Waals surface area contributed by atoms with Gasteiger partial charge in [0, 0.05) is 13.1 Å². The fourth-order valence-corrected chi connectivity index (χ4v) is 2.28. The van der Waals surface area contributed by atoms with Crippen LogP contribution in [-0.2, 0) is 4.79 Å². The topological polar surface area (TPSA) is 64.3 Å². The highest BCUT2D eigenvalue weighted by atomic mass is 16.3. The molecule has 15 heavy (non-hydrogen) atoms. The predicted octanol–water partition coefficient (Wildman–Crippen LogP) is 0.664. The first kappa shape index (κ1) is 10.4. The highest BCUT2D eigenvalue weighted by Gasteiger charge is 2.47. The Morgan fingerprint density at radius 2 is 2.00 bits per heavy atom. The largest absolute Gasteiger partial charge is 0.393 e. The summed E-state index contributed by atoms with van der Waals surface area (Å²) >= 11 is 0. The number of hydrogen-bond acceptors (Lipinski definition) is 3. The summed E-state index contributed by atoms with van der Waals surface area (Å²) in [7, 11) is 0. The fourth-order valence-electron chi connectivity index (χ4n) is 2.28. The van der Waals surface area contributed by atoms with Crippen molar-refractivity contribution in [2.75, 3.05) is 13.1 Å². The summed E-state index contributed by atoms with van der Waals surface area (Å²) in [5.41, 5.74) is -0.720. The molecule has 0 spiro atoms. The van der Waals surface area contributed by atoms with Crippen molar-refractivity contribution in [2.45, 2.75) is 38.2 Å². The molecule has 1 aliphatic heterocycles. The number of aliphatic hydroxyl groups is 1. The van der Waals surface area contributed by atoms with E-state index < -0.39 is 5.41 Å². The van der Waals surface area contributed by atoms with Crippen molar-refractivity contribution >= 4 is 5.91 Å². The third kappa shape index (κ3) is 1.72. The van der Waals surface area contributed by atoms with Crippen LogP contribution in [0, 0.1) is 16.7 Å². The van der Waals surface area contributed by atoms with E-state index in [0.29, 0.717) is 38.8 Å². The summed E-state index contributed by atoms with van der Waals surface area (Å²) < 4.78 is 0. The molecule has 2 rings (SSSR count). The van der Waals surface area contributed by atoms with Crippen molar-refractivity contribution in [3.05, 3.63) is 0 Å². The van der Waals surface area contributed by atoms with Crippen molar-refractivity contribution < 1.29 is 9.90 Å². The molecule has 1 heterocycles. The third-order valence-corrected chi connectivity index (χ3v) is 3.58. The van der Waals surface area contributed by atoms with E-state index >= 15 is 0 Å². The van der Waals surface area contributed by atoms with Gasteiger partial charge in [0.1, 0.15) is 5.41 Å². The minimum atomic E-state index is -0.720. The highest BCUT2D eigenvalue weighted by Crippen LogP contribution is 2.42. The van der Waals surface area contributed by atoms with Gasteiger partial charge in [0.05, 0.1) is 12.2 Å². The molecule has 1 saturated heterocycles. The van der Waals surface area contributed by atoms with Gasteiger partial charge in [-0.2, -0.15) is 5.26 Å². The van der Waals surface area contributed by atoms with Crippen LogP contribution in [-0.4, -0.2) is 35.1 Å². The Bertz CT molecular complexity index is 296. The van der Waals surface area contributed by atoms with Crippen LogP contribution in [0.5, 0.6) is 0 Å². The second kappa shape index (κ2) is 3.82. The van der Waals surface area contributed by atoms with E-state index in [1.807, 2.05) is 0 Å². The molecule has 2 aliphatic rings. The Labute approximate surface area is 89.5 Å². The lowest BCUT2D eigenvalue weighted by molar-refractivity contribution is -0.145.